The Kier molecular flexibility index (Phi) is 8.80. The van der Waals surface area contributed by atoms with Crippen molar-refractivity contribution in [2.75, 3.05) is 20.7 Å². The number of ether oxygens (including phenoxy) is 1. The van der Waals surface area contributed by atoms with Crippen LogP contribution in [0.1, 0.15) is 11.3 Å². The zero-order valence-corrected chi connectivity index (χ0v) is 18.3. The van der Waals surface area contributed by atoms with Crippen molar-refractivity contribution in [2.45, 2.75) is 13.0 Å². The first-order valence-electron chi connectivity index (χ1n) is 8.87. The summed E-state index contributed by atoms with van der Waals surface area (Å²) in [7, 11) is 3.42. The van der Waals surface area contributed by atoms with E-state index in [0.717, 1.165) is 41.7 Å². The minimum atomic E-state index is 0. The summed E-state index contributed by atoms with van der Waals surface area (Å²) in [6.07, 6.45) is 0.896. The highest BCUT2D eigenvalue weighted by molar-refractivity contribution is 14.0. The van der Waals surface area contributed by atoms with Crippen molar-refractivity contribution in [2.24, 2.45) is 4.99 Å². The summed E-state index contributed by atoms with van der Waals surface area (Å²) in [5.41, 5.74) is 3.08. The zero-order valence-electron chi connectivity index (χ0n) is 16.0. The van der Waals surface area contributed by atoms with E-state index in [0.29, 0.717) is 6.54 Å². The van der Waals surface area contributed by atoms with Crippen LogP contribution in [0.2, 0.25) is 0 Å². The second-order valence-electron chi connectivity index (χ2n) is 6.00. The van der Waals surface area contributed by atoms with Gasteiger partial charge in [0.15, 0.2) is 11.7 Å². The molecule has 0 unspecified atom stereocenters. The van der Waals surface area contributed by atoms with Gasteiger partial charge in [-0.1, -0.05) is 47.6 Å². The Morgan fingerprint density at radius 1 is 1.07 bits per heavy atom. The van der Waals surface area contributed by atoms with Crippen molar-refractivity contribution in [3.63, 3.8) is 0 Å². The molecule has 2 aromatic carbocycles. The summed E-state index contributed by atoms with van der Waals surface area (Å²) in [6.45, 7) is 1.32. The van der Waals surface area contributed by atoms with Crippen molar-refractivity contribution >= 4 is 29.9 Å². The molecule has 0 spiro atoms. The number of benzene rings is 2. The molecule has 2 N–H and O–H groups in total. The number of rotatable bonds is 7. The fraction of sp³-hybridized carbons (Fsp3) is 0.238. The molecule has 3 aromatic rings. The highest BCUT2D eigenvalue weighted by Gasteiger charge is 2.07. The molecule has 28 heavy (non-hydrogen) atoms. The number of guanidine groups is 1. The van der Waals surface area contributed by atoms with Gasteiger partial charge in [0, 0.05) is 25.2 Å². The average molecular weight is 492 g/mol. The van der Waals surface area contributed by atoms with Crippen molar-refractivity contribution in [3.05, 3.63) is 71.9 Å². The first-order valence-corrected chi connectivity index (χ1v) is 8.87. The first kappa shape index (κ1) is 21.7. The van der Waals surface area contributed by atoms with E-state index in [4.69, 9.17) is 9.26 Å². The van der Waals surface area contributed by atoms with Crippen LogP contribution in [-0.2, 0) is 13.0 Å². The number of nitrogens with zero attached hydrogens (tertiary/aromatic N) is 2. The summed E-state index contributed by atoms with van der Waals surface area (Å²) in [4.78, 5) is 4.24. The Balaban J connectivity index is 0.00000280. The van der Waals surface area contributed by atoms with Gasteiger partial charge in [-0.05, 0) is 24.1 Å². The van der Waals surface area contributed by atoms with E-state index >= 15 is 0 Å². The van der Waals surface area contributed by atoms with E-state index in [9.17, 15) is 0 Å². The highest BCUT2D eigenvalue weighted by atomic mass is 127. The summed E-state index contributed by atoms with van der Waals surface area (Å²) < 4.78 is 10.6. The minimum Gasteiger partial charge on any atom is -0.497 e. The third kappa shape index (κ3) is 6.26. The fourth-order valence-electron chi connectivity index (χ4n) is 2.65. The lowest BCUT2D eigenvalue weighted by molar-refractivity contribution is 0.414. The van der Waals surface area contributed by atoms with Gasteiger partial charge in [-0.25, -0.2) is 0 Å². The van der Waals surface area contributed by atoms with Crippen molar-refractivity contribution < 1.29 is 9.26 Å². The number of nitrogens with one attached hydrogen (secondary N) is 2. The number of aliphatic imine (C=N–C) groups is 1. The topological polar surface area (TPSA) is 71.7 Å². The van der Waals surface area contributed by atoms with Crippen LogP contribution in [0, 0.1) is 0 Å². The van der Waals surface area contributed by atoms with Crippen LogP contribution < -0.4 is 15.4 Å². The third-order valence-electron chi connectivity index (χ3n) is 4.14. The molecule has 3 rings (SSSR count). The van der Waals surface area contributed by atoms with E-state index < -0.39 is 0 Å². The Morgan fingerprint density at radius 3 is 2.50 bits per heavy atom. The predicted octanol–water partition coefficient (Wildman–Crippen LogP) is 3.88. The van der Waals surface area contributed by atoms with Gasteiger partial charge in [0.25, 0.3) is 0 Å². The lowest BCUT2D eigenvalue weighted by Gasteiger charge is -2.11. The van der Waals surface area contributed by atoms with Crippen molar-refractivity contribution in [3.8, 4) is 17.1 Å². The maximum absolute atomic E-state index is 5.41. The third-order valence-corrected chi connectivity index (χ3v) is 4.14. The maximum atomic E-state index is 5.41. The molecule has 0 amide bonds. The Bertz CT molecular complexity index is 864. The van der Waals surface area contributed by atoms with Crippen LogP contribution in [0.5, 0.6) is 5.75 Å². The Morgan fingerprint density at radius 2 is 1.82 bits per heavy atom. The quantitative estimate of drug-likeness (QED) is 0.298. The number of halogens is 1. The normalized spacial score (nSPS) is 10.9. The Hall–Kier alpha value is -2.55. The molecule has 0 atom stereocenters. The van der Waals surface area contributed by atoms with Crippen LogP contribution in [0.3, 0.4) is 0 Å². The van der Waals surface area contributed by atoms with E-state index in [-0.39, 0.29) is 24.0 Å². The molecule has 0 bridgehead atoms. The van der Waals surface area contributed by atoms with Crippen LogP contribution in [0.15, 0.2) is 70.2 Å². The molecule has 148 valence electrons. The molecule has 0 radical (unpaired) electrons. The summed E-state index contributed by atoms with van der Waals surface area (Å²) in [5, 5.41) is 10.7. The second-order valence-corrected chi connectivity index (χ2v) is 6.00. The van der Waals surface area contributed by atoms with Crippen LogP contribution in [0.4, 0.5) is 0 Å². The molecule has 7 heteroatoms. The highest BCUT2D eigenvalue weighted by Crippen LogP contribution is 2.19. The maximum Gasteiger partial charge on any atom is 0.191 e. The van der Waals surface area contributed by atoms with Crippen molar-refractivity contribution in [1.29, 1.82) is 0 Å². The largest absolute Gasteiger partial charge is 0.497 e. The smallest absolute Gasteiger partial charge is 0.191 e. The van der Waals surface area contributed by atoms with E-state index in [1.54, 1.807) is 14.2 Å². The average Bonchev–Trinajstić information content (AvgIpc) is 3.21. The number of aromatic nitrogens is 1. The van der Waals surface area contributed by atoms with Crippen LogP contribution >= 0.6 is 24.0 Å². The number of methoxy groups -OCH3 is 1. The van der Waals surface area contributed by atoms with Crippen LogP contribution in [-0.4, -0.2) is 31.8 Å². The molecular weight excluding hydrogens is 467 g/mol. The van der Waals surface area contributed by atoms with Gasteiger partial charge in [0.2, 0.25) is 0 Å². The van der Waals surface area contributed by atoms with Gasteiger partial charge in [-0.2, -0.15) is 0 Å². The monoisotopic (exact) mass is 492 g/mol. The summed E-state index contributed by atoms with van der Waals surface area (Å²) in [6, 6.07) is 19.9. The van der Waals surface area contributed by atoms with E-state index in [1.807, 2.05) is 48.5 Å². The molecule has 6 nitrogen and oxygen atoms in total. The molecule has 0 fully saturated rings. The standard InChI is InChI=1S/C21H24N4O2.HI/c1-22-21(23-13-12-16-8-10-19(26-2)11-9-16)24-15-18-14-20(27-25-18)17-6-4-3-5-7-17;/h3-11,14H,12-13,15H2,1-2H3,(H2,22,23,24);1H. The Labute approximate surface area is 182 Å². The van der Waals surface area contributed by atoms with Gasteiger partial charge in [0.1, 0.15) is 11.4 Å². The van der Waals surface area contributed by atoms with Gasteiger partial charge < -0.3 is 19.9 Å². The molecule has 0 saturated heterocycles. The lowest BCUT2D eigenvalue weighted by Crippen LogP contribution is -2.37. The number of hydrogen-bond acceptors (Lipinski definition) is 4. The molecule has 0 aliphatic rings. The van der Waals surface area contributed by atoms with Gasteiger partial charge in [-0.3, -0.25) is 4.99 Å². The molecule has 0 aliphatic carbocycles. The first-order chi connectivity index (χ1) is 13.3. The molecule has 1 aromatic heterocycles. The number of hydrogen-bond donors (Lipinski definition) is 2. The van der Waals surface area contributed by atoms with Crippen LogP contribution in [0.25, 0.3) is 11.3 Å². The van der Waals surface area contributed by atoms with Gasteiger partial charge in [0.05, 0.1) is 13.7 Å². The fourth-order valence-corrected chi connectivity index (χ4v) is 2.65. The molecule has 0 saturated carbocycles. The molecular formula is C21H25IN4O2. The minimum absolute atomic E-state index is 0. The second kappa shape index (κ2) is 11.3. The zero-order chi connectivity index (χ0) is 18.9. The van der Waals surface area contributed by atoms with E-state index in [2.05, 4.69) is 32.9 Å². The van der Waals surface area contributed by atoms with Gasteiger partial charge in [-0.15, -0.1) is 24.0 Å². The summed E-state index contributed by atoms with van der Waals surface area (Å²) >= 11 is 0. The molecule has 1 heterocycles. The molecule has 0 aliphatic heterocycles. The van der Waals surface area contributed by atoms with Gasteiger partial charge >= 0.3 is 0 Å². The lowest BCUT2D eigenvalue weighted by atomic mass is 10.1. The SMILES string of the molecule is CN=C(NCCc1ccc(OC)cc1)NCc1cc(-c2ccccc2)on1.I. The van der Waals surface area contributed by atoms with E-state index in [1.165, 1.54) is 5.56 Å². The van der Waals surface area contributed by atoms with Crippen molar-refractivity contribution in [1.82, 2.24) is 15.8 Å². The summed E-state index contributed by atoms with van der Waals surface area (Å²) in [5.74, 6) is 2.36. The predicted molar refractivity (Wildman–Crippen MR) is 122 cm³/mol.